The van der Waals surface area contributed by atoms with Gasteiger partial charge in [-0.25, -0.2) is 13.2 Å². The summed E-state index contributed by atoms with van der Waals surface area (Å²) in [5.74, 6) is 0.930. The molecule has 0 spiro atoms. The van der Waals surface area contributed by atoms with Crippen molar-refractivity contribution in [1.29, 1.82) is 0 Å². The average molecular weight is 413 g/mol. The first-order valence-corrected chi connectivity index (χ1v) is 10.9. The maximum atomic E-state index is 13.1. The molecule has 0 fully saturated rings. The summed E-state index contributed by atoms with van der Waals surface area (Å²) < 4.78 is 37.0. The number of hydrogen-bond acceptors (Lipinski definition) is 6. The summed E-state index contributed by atoms with van der Waals surface area (Å²) >= 11 is 1.15. The molecule has 0 radical (unpaired) electrons. The van der Waals surface area contributed by atoms with E-state index in [9.17, 15) is 13.2 Å². The number of carbonyl (C=O) groups is 1. The lowest BCUT2D eigenvalue weighted by molar-refractivity contribution is 0.241. The molecule has 0 aliphatic rings. The number of ether oxygens (including phenoxy) is 2. The summed E-state index contributed by atoms with van der Waals surface area (Å²) in [6, 6.07) is 7.80. The Labute approximate surface area is 163 Å². The quantitative estimate of drug-likeness (QED) is 0.660. The summed E-state index contributed by atoms with van der Waals surface area (Å²) in [5.41, 5.74) is 0.511. The lowest BCUT2D eigenvalue weighted by Gasteiger charge is -2.19. The molecule has 0 bridgehead atoms. The van der Waals surface area contributed by atoms with Crippen LogP contribution in [-0.2, 0) is 9.84 Å². The normalized spacial score (nSPS) is 12.3. The molecule has 0 aliphatic carbocycles. The maximum absolute atomic E-state index is 13.1. The minimum absolute atomic E-state index is 0.0642. The molecule has 0 saturated heterocycles. The van der Waals surface area contributed by atoms with Crippen molar-refractivity contribution in [2.75, 3.05) is 27.3 Å². The van der Waals surface area contributed by atoms with Crippen LogP contribution in [0.4, 0.5) is 4.79 Å². The highest BCUT2D eigenvalue weighted by molar-refractivity contribution is 7.93. The molecular formula is C18H24N2O5S2. The highest BCUT2D eigenvalue weighted by Crippen LogP contribution is 2.36. The fraction of sp³-hybridized carbons (Fsp3) is 0.389. The number of carbonyl (C=O) groups excluding carboxylic acids is 1. The first-order valence-electron chi connectivity index (χ1n) is 8.45. The minimum atomic E-state index is -3.69. The molecule has 2 aromatic rings. The zero-order valence-electron chi connectivity index (χ0n) is 15.5. The number of methoxy groups -OCH3 is 2. The first-order chi connectivity index (χ1) is 12.9. The predicted molar refractivity (Wildman–Crippen MR) is 105 cm³/mol. The number of rotatable bonds is 9. The highest BCUT2D eigenvalue weighted by Gasteiger charge is 2.31. The van der Waals surface area contributed by atoms with Gasteiger partial charge < -0.3 is 20.1 Å². The highest BCUT2D eigenvalue weighted by atomic mass is 32.2. The maximum Gasteiger partial charge on any atom is 0.314 e. The van der Waals surface area contributed by atoms with E-state index in [0.717, 1.165) is 17.8 Å². The van der Waals surface area contributed by atoms with Crippen molar-refractivity contribution >= 4 is 27.2 Å². The largest absolute Gasteiger partial charge is 0.493 e. The second-order valence-electron chi connectivity index (χ2n) is 5.72. The van der Waals surface area contributed by atoms with Gasteiger partial charge in [0.05, 0.1) is 14.2 Å². The van der Waals surface area contributed by atoms with Crippen molar-refractivity contribution in [3.8, 4) is 11.5 Å². The summed E-state index contributed by atoms with van der Waals surface area (Å²) in [6.45, 7) is 2.39. The summed E-state index contributed by atoms with van der Waals surface area (Å²) in [7, 11) is -0.694. The number of urea groups is 1. The predicted octanol–water partition coefficient (Wildman–Crippen LogP) is 2.99. The molecule has 2 N–H and O–H groups in total. The van der Waals surface area contributed by atoms with E-state index in [1.54, 1.807) is 35.7 Å². The number of thiophene rings is 1. The molecule has 2 amide bonds. The van der Waals surface area contributed by atoms with Gasteiger partial charge in [-0.1, -0.05) is 19.1 Å². The standard InChI is InChI=1S/C18H24N2O5S2/c1-4-9-19-18(21)20-12-16(27(22,23)17-6-5-10-26-17)13-7-8-14(24-2)15(11-13)25-3/h5-8,10-11,16H,4,9,12H2,1-3H3,(H2,19,20,21)/t16-/m1/s1. The molecule has 1 heterocycles. The fourth-order valence-corrected chi connectivity index (χ4v) is 5.37. The van der Waals surface area contributed by atoms with Gasteiger partial charge in [-0.3, -0.25) is 0 Å². The second kappa shape index (κ2) is 9.61. The van der Waals surface area contributed by atoms with E-state index in [2.05, 4.69) is 10.6 Å². The Morgan fingerprint density at radius 3 is 2.48 bits per heavy atom. The van der Waals surface area contributed by atoms with Crippen LogP contribution < -0.4 is 20.1 Å². The molecule has 0 unspecified atom stereocenters. The van der Waals surface area contributed by atoms with E-state index in [0.29, 0.717) is 23.6 Å². The number of amides is 2. The van der Waals surface area contributed by atoms with Gasteiger partial charge in [0.25, 0.3) is 0 Å². The second-order valence-corrected chi connectivity index (χ2v) is 9.02. The molecule has 1 aromatic heterocycles. The van der Waals surface area contributed by atoms with E-state index in [1.165, 1.54) is 14.2 Å². The van der Waals surface area contributed by atoms with E-state index < -0.39 is 21.1 Å². The Morgan fingerprint density at radius 1 is 1.15 bits per heavy atom. The van der Waals surface area contributed by atoms with Crippen LogP contribution in [0.25, 0.3) is 0 Å². The van der Waals surface area contributed by atoms with Crippen molar-refractivity contribution in [3.63, 3.8) is 0 Å². The van der Waals surface area contributed by atoms with Crippen LogP contribution in [0.2, 0.25) is 0 Å². The van der Waals surface area contributed by atoms with E-state index in [1.807, 2.05) is 6.92 Å². The zero-order chi connectivity index (χ0) is 19.9. The van der Waals surface area contributed by atoms with E-state index >= 15 is 0 Å². The number of sulfone groups is 1. The minimum Gasteiger partial charge on any atom is -0.493 e. The third-order valence-electron chi connectivity index (χ3n) is 3.91. The Morgan fingerprint density at radius 2 is 1.89 bits per heavy atom. The van der Waals surface area contributed by atoms with Crippen LogP contribution in [-0.4, -0.2) is 41.8 Å². The number of hydrogen-bond donors (Lipinski definition) is 2. The van der Waals surface area contributed by atoms with Gasteiger partial charge in [-0.05, 0) is 35.6 Å². The molecule has 2 rings (SSSR count). The van der Waals surface area contributed by atoms with E-state index in [4.69, 9.17) is 9.47 Å². The third kappa shape index (κ3) is 5.14. The van der Waals surface area contributed by atoms with Gasteiger partial charge in [0, 0.05) is 13.1 Å². The van der Waals surface area contributed by atoms with Crippen LogP contribution in [0.15, 0.2) is 39.9 Å². The van der Waals surface area contributed by atoms with Crippen molar-refractivity contribution in [2.45, 2.75) is 22.8 Å². The Balaban J connectivity index is 2.36. The topological polar surface area (TPSA) is 93.7 Å². The SMILES string of the molecule is CCCNC(=O)NC[C@H](c1ccc(OC)c(OC)c1)S(=O)(=O)c1cccs1. The lowest BCUT2D eigenvalue weighted by Crippen LogP contribution is -2.39. The van der Waals surface area contributed by atoms with Crippen molar-refractivity contribution in [1.82, 2.24) is 10.6 Å². The molecule has 148 valence electrons. The first kappa shape index (κ1) is 21.0. The van der Waals surface area contributed by atoms with Crippen LogP contribution in [0.1, 0.15) is 24.2 Å². The molecule has 9 heteroatoms. The summed E-state index contributed by atoms with van der Waals surface area (Å²) in [6.07, 6.45) is 0.792. The van der Waals surface area contributed by atoms with Gasteiger partial charge >= 0.3 is 6.03 Å². The molecule has 0 aliphatic heterocycles. The molecule has 1 aromatic carbocycles. The molecule has 27 heavy (non-hydrogen) atoms. The van der Waals surface area contributed by atoms with Gasteiger partial charge in [-0.15, -0.1) is 11.3 Å². The smallest absolute Gasteiger partial charge is 0.314 e. The van der Waals surface area contributed by atoms with Crippen LogP contribution in [0.3, 0.4) is 0 Å². The van der Waals surface area contributed by atoms with Gasteiger partial charge in [0.2, 0.25) is 0 Å². The Bertz CT molecular complexity index is 851. The Hall–Kier alpha value is -2.26. The fourth-order valence-electron chi connectivity index (χ4n) is 2.51. The van der Waals surface area contributed by atoms with E-state index in [-0.39, 0.29) is 10.8 Å². The zero-order valence-corrected chi connectivity index (χ0v) is 17.2. The molecular weight excluding hydrogens is 388 g/mol. The van der Waals surface area contributed by atoms with Gasteiger partial charge in [0.1, 0.15) is 9.46 Å². The lowest BCUT2D eigenvalue weighted by atomic mass is 10.1. The average Bonchev–Trinajstić information content (AvgIpc) is 3.21. The summed E-state index contributed by atoms with van der Waals surface area (Å²) in [5, 5.41) is 6.09. The molecule has 7 nitrogen and oxygen atoms in total. The van der Waals surface area contributed by atoms with Crippen LogP contribution in [0.5, 0.6) is 11.5 Å². The third-order valence-corrected chi connectivity index (χ3v) is 7.45. The van der Waals surface area contributed by atoms with Gasteiger partial charge in [-0.2, -0.15) is 0 Å². The van der Waals surface area contributed by atoms with Crippen molar-refractivity contribution in [3.05, 3.63) is 41.3 Å². The van der Waals surface area contributed by atoms with Gasteiger partial charge in [0.15, 0.2) is 21.3 Å². The summed E-state index contributed by atoms with van der Waals surface area (Å²) in [4.78, 5) is 11.9. The number of benzene rings is 1. The Kier molecular flexibility index (Phi) is 7.49. The molecule has 0 saturated carbocycles. The van der Waals surface area contributed by atoms with Crippen LogP contribution >= 0.6 is 11.3 Å². The molecule has 1 atom stereocenters. The van der Waals surface area contributed by atoms with Crippen LogP contribution in [0, 0.1) is 0 Å². The van der Waals surface area contributed by atoms with Crippen molar-refractivity contribution < 1.29 is 22.7 Å². The monoisotopic (exact) mass is 412 g/mol. The number of nitrogens with one attached hydrogen (secondary N) is 2. The van der Waals surface area contributed by atoms with Crippen molar-refractivity contribution in [2.24, 2.45) is 0 Å².